The lowest BCUT2D eigenvalue weighted by Gasteiger charge is -2.19. The average molecular weight is 499 g/mol. The van der Waals surface area contributed by atoms with Gasteiger partial charge in [0.25, 0.3) is 0 Å². The van der Waals surface area contributed by atoms with E-state index in [2.05, 4.69) is 4.98 Å². The summed E-state index contributed by atoms with van der Waals surface area (Å²) in [7, 11) is 2.67. The number of hydrogen-bond donors (Lipinski definition) is 0. The maximum absolute atomic E-state index is 13.8. The van der Waals surface area contributed by atoms with Gasteiger partial charge in [0.1, 0.15) is 17.6 Å². The zero-order valence-electron chi connectivity index (χ0n) is 19.7. The number of esters is 1. The molecule has 2 unspecified atom stereocenters. The van der Waals surface area contributed by atoms with Gasteiger partial charge in [0.2, 0.25) is 5.88 Å². The van der Waals surface area contributed by atoms with Crippen LogP contribution >= 0.6 is 0 Å². The number of benzene rings is 2. The van der Waals surface area contributed by atoms with Crippen molar-refractivity contribution in [2.75, 3.05) is 20.8 Å². The van der Waals surface area contributed by atoms with Gasteiger partial charge in [0.05, 0.1) is 38.4 Å². The lowest BCUT2D eigenvalue weighted by atomic mass is 9.94. The molecular formula is C27H24F3NO5. The highest BCUT2D eigenvalue weighted by molar-refractivity contribution is 5.77. The third kappa shape index (κ3) is 4.34. The Morgan fingerprint density at radius 1 is 1.14 bits per heavy atom. The number of aromatic nitrogens is 1. The molecule has 0 radical (unpaired) electrons. The second kappa shape index (κ2) is 9.37. The maximum Gasteiger partial charge on any atom is 0.417 e. The predicted octanol–water partition coefficient (Wildman–Crippen LogP) is 5.88. The molecule has 0 spiro atoms. The first-order valence-corrected chi connectivity index (χ1v) is 11.5. The molecular weight excluding hydrogens is 475 g/mol. The predicted molar refractivity (Wildman–Crippen MR) is 124 cm³/mol. The molecule has 2 heterocycles. The number of nitrogens with zero attached hydrogens (tertiary/aromatic N) is 1. The molecule has 6 nitrogen and oxygen atoms in total. The Balaban J connectivity index is 1.44. The molecule has 2 aromatic carbocycles. The Hall–Kier alpha value is -3.75. The number of hydrogen-bond acceptors (Lipinski definition) is 6. The minimum Gasteiger partial charge on any atom is -0.492 e. The van der Waals surface area contributed by atoms with Gasteiger partial charge >= 0.3 is 12.1 Å². The monoisotopic (exact) mass is 499 g/mol. The molecule has 188 valence electrons. The molecule has 1 aliphatic carbocycles. The third-order valence-electron chi connectivity index (χ3n) is 6.68. The Morgan fingerprint density at radius 2 is 1.97 bits per heavy atom. The first-order chi connectivity index (χ1) is 17.3. The van der Waals surface area contributed by atoms with Crippen molar-refractivity contribution in [3.63, 3.8) is 0 Å². The molecule has 36 heavy (non-hydrogen) atoms. The van der Waals surface area contributed by atoms with Crippen LogP contribution in [0.4, 0.5) is 13.2 Å². The number of carbonyl (C=O) groups is 1. The summed E-state index contributed by atoms with van der Waals surface area (Å²) in [6.45, 7) is 0.387. The van der Waals surface area contributed by atoms with E-state index >= 15 is 0 Å². The SMILES string of the molecule is COC(=O)CC1COc2cc(OC3CCc4c(-c5c(C(F)(F)F)ccnc5OC)cccc43)ccc21. The van der Waals surface area contributed by atoms with E-state index in [1.54, 1.807) is 18.2 Å². The van der Waals surface area contributed by atoms with Crippen molar-refractivity contribution in [1.29, 1.82) is 0 Å². The van der Waals surface area contributed by atoms with E-state index in [1.165, 1.54) is 14.2 Å². The molecule has 1 aliphatic heterocycles. The second-order valence-corrected chi connectivity index (χ2v) is 8.75. The van der Waals surface area contributed by atoms with E-state index in [9.17, 15) is 18.0 Å². The van der Waals surface area contributed by atoms with Crippen LogP contribution in [-0.2, 0) is 22.1 Å². The van der Waals surface area contributed by atoms with Crippen molar-refractivity contribution in [3.8, 4) is 28.5 Å². The summed E-state index contributed by atoms with van der Waals surface area (Å²) in [5.74, 6) is 0.802. The third-order valence-corrected chi connectivity index (χ3v) is 6.68. The van der Waals surface area contributed by atoms with Crippen LogP contribution in [0.15, 0.2) is 48.7 Å². The van der Waals surface area contributed by atoms with E-state index in [0.717, 1.165) is 29.0 Å². The first kappa shape index (κ1) is 24.0. The molecule has 2 aliphatic rings. The number of rotatable bonds is 6. The number of pyridine rings is 1. The van der Waals surface area contributed by atoms with Gasteiger partial charge in [-0.3, -0.25) is 4.79 Å². The van der Waals surface area contributed by atoms with Gasteiger partial charge in [-0.1, -0.05) is 24.3 Å². The van der Waals surface area contributed by atoms with Gasteiger partial charge < -0.3 is 18.9 Å². The van der Waals surface area contributed by atoms with E-state index in [4.69, 9.17) is 18.9 Å². The van der Waals surface area contributed by atoms with Crippen LogP contribution in [0.1, 0.15) is 47.1 Å². The smallest absolute Gasteiger partial charge is 0.417 e. The lowest BCUT2D eigenvalue weighted by molar-refractivity contribution is -0.141. The number of carbonyl (C=O) groups excluding carboxylic acids is 1. The summed E-state index contributed by atoms with van der Waals surface area (Å²) in [5.41, 5.74) is 2.13. The molecule has 1 aromatic heterocycles. The standard InChI is InChI=1S/C27H24F3NO5/c1-33-24(32)12-15-14-35-23-13-16(6-7-17(15)23)36-22-9-8-18-19(22)4-3-5-20(18)25-21(27(28,29)30)10-11-31-26(25)34-2/h3-7,10-11,13,15,22H,8-9,12,14H2,1-2H3. The minimum absolute atomic E-state index is 0.0624. The van der Waals surface area contributed by atoms with Crippen molar-refractivity contribution in [2.24, 2.45) is 0 Å². The summed E-state index contributed by atoms with van der Waals surface area (Å²) >= 11 is 0. The summed E-state index contributed by atoms with van der Waals surface area (Å²) in [6.07, 6.45) is -2.39. The van der Waals surface area contributed by atoms with E-state index in [0.29, 0.717) is 36.5 Å². The molecule has 2 atom stereocenters. The molecule has 5 rings (SSSR count). The molecule has 0 bridgehead atoms. The van der Waals surface area contributed by atoms with Crippen LogP contribution < -0.4 is 14.2 Å². The largest absolute Gasteiger partial charge is 0.492 e. The molecule has 9 heteroatoms. The normalized spacial score (nSPS) is 18.2. The van der Waals surface area contributed by atoms with Gasteiger partial charge in [0.15, 0.2) is 0 Å². The van der Waals surface area contributed by atoms with Gasteiger partial charge in [-0.15, -0.1) is 0 Å². The van der Waals surface area contributed by atoms with E-state index in [-0.39, 0.29) is 35.9 Å². The van der Waals surface area contributed by atoms with Crippen LogP contribution in [-0.4, -0.2) is 31.8 Å². The molecule has 0 saturated heterocycles. The van der Waals surface area contributed by atoms with Crippen LogP contribution in [0.5, 0.6) is 17.4 Å². The number of alkyl halides is 3. The highest BCUT2D eigenvalue weighted by Gasteiger charge is 2.37. The first-order valence-electron chi connectivity index (χ1n) is 11.5. The summed E-state index contributed by atoms with van der Waals surface area (Å²) in [5, 5.41) is 0. The van der Waals surface area contributed by atoms with Crippen molar-refractivity contribution in [3.05, 3.63) is 70.9 Å². The fourth-order valence-electron chi connectivity index (χ4n) is 5.01. The quantitative estimate of drug-likeness (QED) is 0.395. The molecule has 0 fully saturated rings. The minimum atomic E-state index is -4.56. The Morgan fingerprint density at radius 3 is 2.72 bits per heavy atom. The van der Waals surface area contributed by atoms with Gasteiger partial charge in [-0.05, 0) is 41.7 Å². The highest BCUT2D eigenvalue weighted by atomic mass is 19.4. The van der Waals surface area contributed by atoms with Crippen molar-refractivity contribution < 1.29 is 36.9 Å². The van der Waals surface area contributed by atoms with E-state index in [1.807, 2.05) is 18.2 Å². The molecule has 0 N–H and O–H groups in total. The van der Waals surface area contributed by atoms with Crippen molar-refractivity contribution >= 4 is 5.97 Å². The average Bonchev–Trinajstić information content (AvgIpc) is 3.46. The van der Waals surface area contributed by atoms with Crippen LogP contribution in [0.3, 0.4) is 0 Å². The van der Waals surface area contributed by atoms with Crippen LogP contribution in [0, 0.1) is 0 Å². The summed E-state index contributed by atoms with van der Waals surface area (Å²) in [4.78, 5) is 15.7. The Bertz CT molecular complexity index is 1310. The molecule has 0 amide bonds. The topological polar surface area (TPSA) is 66.9 Å². The molecule has 0 saturated carbocycles. The number of halogens is 3. The number of methoxy groups -OCH3 is 2. The van der Waals surface area contributed by atoms with Crippen LogP contribution in [0.2, 0.25) is 0 Å². The maximum atomic E-state index is 13.8. The summed E-state index contributed by atoms with van der Waals surface area (Å²) in [6, 6.07) is 11.7. The summed E-state index contributed by atoms with van der Waals surface area (Å²) < 4.78 is 63.6. The van der Waals surface area contributed by atoms with Gasteiger partial charge in [-0.2, -0.15) is 13.2 Å². The number of fused-ring (bicyclic) bond motifs is 2. The number of ether oxygens (including phenoxy) is 4. The zero-order valence-corrected chi connectivity index (χ0v) is 19.7. The Kier molecular flexibility index (Phi) is 6.24. The zero-order chi connectivity index (χ0) is 25.4. The lowest BCUT2D eigenvalue weighted by Crippen LogP contribution is -2.10. The Labute approximate surface area is 206 Å². The van der Waals surface area contributed by atoms with Crippen LogP contribution in [0.25, 0.3) is 11.1 Å². The van der Waals surface area contributed by atoms with Gasteiger partial charge in [0, 0.05) is 23.7 Å². The fourth-order valence-corrected chi connectivity index (χ4v) is 5.01. The van der Waals surface area contributed by atoms with Crippen molar-refractivity contribution in [2.45, 2.75) is 37.5 Å². The second-order valence-electron chi connectivity index (χ2n) is 8.75. The molecule has 3 aromatic rings. The van der Waals surface area contributed by atoms with Gasteiger partial charge in [-0.25, -0.2) is 4.98 Å². The fraction of sp³-hybridized carbons (Fsp3) is 0.333. The van der Waals surface area contributed by atoms with Crippen molar-refractivity contribution in [1.82, 2.24) is 4.98 Å². The van der Waals surface area contributed by atoms with E-state index < -0.39 is 11.7 Å². The highest BCUT2D eigenvalue weighted by Crippen LogP contribution is 2.47.